The minimum absolute atomic E-state index is 0.0367. The van der Waals surface area contributed by atoms with Crippen LogP contribution < -0.4 is 15.5 Å². The summed E-state index contributed by atoms with van der Waals surface area (Å²) in [7, 11) is 1.48. The summed E-state index contributed by atoms with van der Waals surface area (Å²) in [5, 5.41) is 6.73. The van der Waals surface area contributed by atoms with Gasteiger partial charge in [0.2, 0.25) is 5.91 Å². The van der Waals surface area contributed by atoms with Gasteiger partial charge in [0.25, 0.3) is 0 Å². The van der Waals surface area contributed by atoms with Crippen molar-refractivity contribution in [2.45, 2.75) is 51.7 Å². The molecule has 1 aliphatic heterocycles. The average Bonchev–Trinajstić information content (AvgIpc) is 3.02. The number of hydrogen-bond donors (Lipinski definition) is 3. The molecule has 0 aliphatic carbocycles. The van der Waals surface area contributed by atoms with Crippen molar-refractivity contribution in [3.8, 4) is 0 Å². The van der Waals surface area contributed by atoms with Gasteiger partial charge in [-0.05, 0) is 56.5 Å². The molecule has 0 spiro atoms. The number of piperidine rings is 1. The largest absolute Gasteiger partial charge is 0.444 e. The van der Waals surface area contributed by atoms with Crippen LogP contribution in [0.4, 0.5) is 16.2 Å². The Labute approximate surface area is 190 Å². The number of amides is 2. The number of rotatable bonds is 5. The van der Waals surface area contributed by atoms with Crippen LogP contribution in [0.25, 0.3) is 11.0 Å². The van der Waals surface area contributed by atoms with E-state index >= 15 is 0 Å². The summed E-state index contributed by atoms with van der Waals surface area (Å²) in [4.78, 5) is 34.3. The number of aromatic amines is 1. The molecule has 2 aromatic rings. The maximum atomic E-state index is 12.4. The number of hydrogen-bond acceptors (Lipinski definition) is 6. The Morgan fingerprint density at radius 2 is 2.13 bits per heavy atom. The van der Waals surface area contributed by atoms with Gasteiger partial charge in [0.05, 0.1) is 26.8 Å². The fourth-order valence-electron chi connectivity index (χ4n) is 3.86. The van der Waals surface area contributed by atoms with Gasteiger partial charge in [-0.15, -0.1) is 0 Å². The number of carbonyl (C=O) groups is 2. The van der Waals surface area contributed by atoms with E-state index in [0.29, 0.717) is 17.9 Å². The highest BCUT2D eigenvalue weighted by Crippen LogP contribution is 2.40. The maximum Gasteiger partial charge on any atom is 0.408 e. The number of aromatic nitrogens is 2. The Kier molecular flexibility index (Phi) is 6.80. The molecule has 31 heavy (non-hydrogen) atoms. The Morgan fingerprint density at radius 1 is 1.39 bits per heavy atom. The molecular formula is C21H30BrN5O4. The van der Waals surface area contributed by atoms with Crippen molar-refractivity contribution in [1.29, 1.82) is 0 Å². The predicted molar refractivity (Wildman–Crippen MR) is 124 cm³/mol. The summed E-state index contributed by atoms with van der Waals surface area (Å²) in [5.41, 5.74) is 1.18. The predicted octanol–water partition coefficient (Wildman–Crippen LogP) is 3.79. The number of alkyl carbamates (subject to hydrolysis) is 1. The SMILES string of the molecule is COCC(=O)Nc1c[nH]c2ncc(Br)c(N3CCCC(C)(NC(=O)OC(C)(C)C)C3)c12. The van der Waals surface area contributed by atoms with Crippen LogP contribution >= 0.6 is 15.9 Å². The van der Waals surface area contributed by atoms with Crippen molar-refractivity contribution in [2.75, 3.05) is 37.0 Å². The van der Waals surface area contributed by atoms with Crippen LogP contribution in [0.3, 0.4) is 0 Å². The number of ether oxygens (including phenoxy) is 2. The van der Waals surface area contributed by atoms with Crippen molar-refractivity contribution in [2.24, 2.45) is 0 Å². The van der Waals surface area contributed by atoms with Gasteiger partial charge >= 0.3 is 6.09 Å². The molecule has 1 unspecified atom stereocenters. The van der Waals surface area contributed by atoms with E-state index < -0.39 is 17.2 Å². The molecule has 0 bridgehead atoms. The number of carbonyl (C=O) groups excluding carboxylic acids is 2. The number of halogens is 1. The molecule has 1 atom stereocenters. The van der Waals surface area contributed by atoms with E-state index in [-0.39, 0.29) is 12.5 Å². The van der Waals surface area contributed by atoms with E-state index in [1.165, 1.54) is 7.11 Å². The molecule has 0 radical (unpaired) electrons. The lowest BCUT2D eigenvalue weighted by Crippen LogP contribution is -2.57. The number of anilines is 2. The zero-order chi connectivity index (χ0) is 22.8. The normalized spacial score (nSPS) is 19.4. The Balaban J connectivity index is 1.90. The molecule has 170 valence electrons. The first kappa shape index (κ1) is 23.3. The number of nitrogens with zero attached hydrogens (tertiary/aromatic N) is 2. The summed E-state index contributed by atoms with van der Waals surface area (Å²) in [6, 6.07) is 0. The third-order valence-electron chi connectivity index (χ3n) is 4.99. The van der Waals surface area contributed by atoms with Crippen LogP contribution in [0.2, 0.25) is 0 Å². The van der Waals surface area contributed by atoms with E-state index in [0.717, 1.165) is 34.9 Å². The lowest BCUT2D eigenvalue weighted by atomic mass is 9.90. The van der Waals surface area contributed by atoms with E-state index in [1.807, 2.05) is 27.7 Å². The van der Waals surface area contributed by atoms with Crippen molar-refractivity contribution >= 4 is 50.3 Å². The molecule has 1 aliphatic rings. The van der Waals surface area contributed by atoms with Crippen molar-refractivity contribution < 1.29 is 19.1 Å². The Morgan fingerprint density at radius 3 is 2.81 bits per heavy atom. The van der Waals surface area contributed by atoms with Crippen LogP contribution in [0.15, 0.2) is 16.9 Å². The lowest BCUT2D eigenvalue weighted by molar-refractivity contribution is -0.119. The number of methoxy groups -OCH3 is 1. The second-order valence-electron chi connectivity index (χ2n) is 9.07. The van der Waals surface area contributed by atoms with E-state index in [4.69, 9.17) is 9.47 Å². The second kappa shape index (κ2) is 9.04. The minimum Gasteiger partial charge on any atom is -0.444 e. The number of pyridine rings is 1. The molecule has 3 rings (SSSR count). The van der Waals surface area contributed by atoms with Crippen LogP contribution in [0, 0.1) is 0 Å². The average molecular weight is 496 g/mol. The fourth-order valence-corrected chi connectivity index (χ4v) is 4.41. The standard InChI is InChI=1S/C21H30BrN5O4/c1-20(2,3)31-19(29)26-21(4)7-6-8-27(12-21)17-13(22)9-23-18-16(17)14(10-24-18)25-15(28)11-30-5/h9-10H,6-8,11-12H2,1-5H3,(H,23,24)(H,25,28)(H,26,29). The summed E-state index contributed by atoms with van der Waals surface area (Å²) in [6.45, 7) is 8.91. The zero-order valence-corrected chi connectivity index (χ0v) is 20.2. The van der Waals surface area contributed by atoms with Gasteiger partial charge in [-0.25, -0.2) is 9.78 Å². The summed E-state index contributed by atoms with van der Waals surface area (Å²) >= 11 is 3.63. The molecule has 2 aromatic heterocycles. The molecule has 0 saturated carbocycles. The topological polar surface area (TPSA) is 109 Å². The smallest absolute Gasteiger partial charge is 0.408 e. The first-order chi connectivity index (χ1) is 14.5. The van der Waals surface area contributed by atoms with E-state index in [1.54, 1.807) is 12.4 Å². The first-order valence-corrected chi connectivity index (χ1v) is 11.0. The van der Waals surface area contributed by atoms with Crippen LogP contribution in [-0.4, -0.2) is 59.9 Å². The molecule has 1 fully saturated rings. The summed E-state index contributed by atoms with van der Waals surface area (Å²) in [5.74, 6) is -0.246. The molecular weight excluding hydrogens is 466 g/mol. The van der Waals surface area contributed by atoms with Crippen LogP contribution in [0.1, 0.15) is 40.5 Å². The van der Waals surface area contributed by atoms with E-state index in [9.17, 15) is 9.59 Å². The minimum atomic E-state index is -0.560. The first-order valence-electron chi connectivity index (χ1n) is 10.2. The summed E-state index contributed by atoms with van der Waals surface area (Å²) in [6.07, 6.45) is 4.76. The van der Waals surface area contributed by atoms with Gasteiger partial charge in [-0.1, -0.05) is 0 Å². The van der Waals surface area contributed by atoms with Gasteiger partial charge in [-0.2, -0.15) is 0 Å². The highest BCUT2D eigenvalue weighted by Gasteiger charge is 2.35. The molecule has 1 saturated heterocycles. The van der Waals surface area contributed by atoms with E-state index in [2.05, 4.69) is 41.4 Å². The lowest BCUT2D eigenvalue weighted by Gasteiger charge is -2.42. The quantitative estimate of drug-likeness (QED) is 0.581. The monoisotopic (exact) mass is 495 g/mol. The van der Waals surface area contributed by atoms with Gasteiger partial charge in [-0.3, -0.25) is 4.79 Å². The van der Waals surface area contributed by atoms with Gasteiger partial charge in [0, 0.05) is 32.6 Å². The molecule has 2 amide bonds. The fraction of sp³-hybridized carbons (Fsp3) is 0.571. The van der Waals surface area contributed by atoms with Gasteiger partial charge < -0.3 is 30.0 Å². The van der Waals surface area contributed by atoms with Crippen molar-refractivity contribution in [3.63, 3.8) is 0 Å². The Bertz CT molecular complexity index is 971. The molecule has 0 aromatic carbocycles. The molecule has 10 heteroatoms. The van der Waals surface area contributed by atoms with Crippen molar-refractivity contribution in [3.05, 3.63) is 16.9 Å². The highest BCUT2D eigenvalue weighted by molar-refractivity contribution is 9.10. The molecule has 3 heterocycles. The number of nitrogens with one attached hydrogen (secondary N) is 3. The third kappa shape index (κ3) is 5.68. The zero-order valence-electron chi connectivity index (χ0n) is 18.6. The number of fused-ring (bicyclic) bond motifs is 1. The van der Waals surface area contributed by atoms with Gasteiger partial charge in [0.15, 0.2) is 0 Å². The third-order valence-corrected chi connectivity index (χ3v) is 5.57. The van der Waals surface area contributed by atoms with Crippen LogP contribution in [0.5, 0.6) is 0 Å². The molecule has 9 nitrogen and oxygen atoms in total. The maximum absolute atomic E-state index is 12.4. The van der Waals surface area contributed by atoms with Crippen molar-refractivity contribution in [1.82, 2.24) is 15.3 Å². The van der Waals surface area contributed by atoms with Gasteiger partial charge in [0.1, 0.15) is 17.9 Å². The Hall–Kier alpha value is -2.33. The molecule has 3 N–H and O–H groups in total. The second-order valence-corrected chi connectivity index (χ2v) is 9.93. The summed E-state index contributed by atoms with van der Waals surface area (Å²) < 4.78 is 11.2. The highest BCUT2D eigenvalue weighted by atomic mass is 79.9. The number of H-pyrrole nitrogens is 1. The van der Waals surface area contributed by atoms with Crippen LogP contribution in [-0.2, 0) is 14.3 Å².